The minimum atomic E-state index is -0.582. The van der Waals surface area contributed by atoms with Crippen molar-refractivity contribution in [2.24, 2.45) is 0 Å². The van der Waals surface area contributed by atoms with Gasteiger partial charge in [-0.25, -0.2) is 9.78 Å². The van der Waals surface area contributed by atoms with E-state index in [1.54, 1.807) is 24.3 Å². The molecule has 0 aliphatic heterocycles. The number of para-hydroxylation sites is 1. The van der Waals surface area contributed by atoms with E-state index in [2.05, 4.69) is 15.3 Å². The van der Waals surface area contributed by atoms with Gasteiger partial charge in [-0.05, 0) is 37.8 Å². The minimum absolute atomic E-state index is 0.0443. The predicted molar refractivity (Wildman–Crippen MR) is 97.3 cm³/mol. The molecule has 27 heavy (non-hydrogen) atoms. The van der Waals surface area contributed by atoms with Crippen molar-refractivity contribution in [1.29, 1.82) is 0 Å². The van der Waals surface area contributed by atoms with E-state index < -0.39 is 10.9 Å². The molecule has 0 atom stereocenters. The number of ether oxygens (including phenoxy) is 2. The van der Waals surface area contributed by atoms with Crippen LogP contribution in [0.4, 0.5) is 17.2 Å². The van der Waals surface area contributed by atoms with Crippen LogP contribution in [-0.4, -0.2) is 34.1 Å². The van der Waals surface area contributed by atoms with Crippen molar-refractivity contribution < 1.29 is 19.2 Å². The molecule has 1 aromatic heterocycles. The predicted octanol–water partition coefficient (Wildman–Crippen LogP) is 3.63. The fraction of sp³-hybridized carbons (Fsp3) is 0.389. The lowest BCUT2D eigenvalue weighted by atomic mass is 9.98. The first-order valence-electron chi connectivity index (χ1n) is 8.70. The molecule has 0 bridgehead atoms. The molecular formula is C18H20N4O5. The average Bonchev–Trinajstić information content (AvgIpc) is 2.68. The number of carbonyl (C=O) groups excluding carboxylic acids is 1. The van der Waals surface area contributed by atoms with Crippen LogP contribution in [0.5, 0.6) is 5.88 Å². The van der Waals surface area contributed by atoms with E-state index in [0.29, 0.717) is 5.69 Å². The molecule has 0 spiro atoms. The number of carbonyl (C=O) groups is 1. The molecule has 0 unspecified atom stereocenters. The Balaban J connectivity index is 1.93. The lowest BCUT2D eigenvalue weighted by Gasteiger charge is -2.22. The highest BCUT2D eigenvalue weighted by molar-refractivity contribution is 5.96. The fourth-order valence-corrected chi connectivity index (χ4v) is 3.05. The second kappa shape index (κ2) is 8.43. The van der Waals surface area contributed by atoms with E-state index in [1.807, 2.05) is 0 Å². The summed E-state index contributed by atoms with van der Waals surface area (Å²) in [5.74, 6) is -0.675. The lowest BCUT2D eigenvalue weighted by molar-refractivity contribution is -0.385. The van der Waals surface area contributed by atoms with E-state index in [0.717, 1.165) is 32.1 Å². The van der Waals surface area contributed by atoms with Gasteiger partial charge in [-0.1, -0.05) is 18.6 Å². The van der Waals surface area contributed by atoms with Crippen LogP contribution in [0.15, 0.2) is 30.6 Å². The van der Waals surface area contributed by atoms with Gasteiger partial charge in [-0.2, -0.15) is 4.98 Å². The van der Waals surface area contributed by atoms with Gasteiger partial charge in [0.1, 0.15) is 12.4 Å². The van der Waals surface area contributed by atoms with Crippen LogP contribution in [-0.2, 0) is 4.74 Å². The highest BCUT2D eigenvalue weighted by atomic mass is 16.6. The molecule has 1 heterocycles. The molecule has 0 radical (unpaired) electrons. The van der Waals surface area contributed by atoms with Gasteiger partial charge in [0, 0.05) is 0 Å². The van der Waals surface area contributed by atoms with Crippen molar-refractivity contribution in [2.45, 2.75) is 38.2 Å². The number of nitrogens with one attached hydrogen (secondary N) is 1. The second-order valence-electron chi connectivity index (χ2n) is 6.17. The summed E-state index contributed by atoms with van der Waals surface area (Å²) in [7, 11) is 1.27. The van der Waals surface area contributed by atoms with Crippen molar-refractivity contribution in [3.63, 3.8) is 0 Å². The first-order chi connectivity index (χ1) is 13.1. The third kappa shape index (κ3) is 4.30. The molecule has 1 aliphatic rings. The highest BCUT2D eigenvalue weighted by Gasteiger charge is 2.28. The number of hydrogen-bond donors (Lipinski definition) is 1. The third-order valence-electron chi connectivity index (χ3n) is 4.39. The van der Waals surface area contributed by atoms with Crippen LogP contribution in [0.3, 0.4) is 0 Å². The minimum Gasteiger partial charge on any atom is -0.469 e. The van der Waals surface area contributed by atoms with Gasteiger partial charge < -0.3 is 14.8 Å². The second-order valence-corrected chi connectivity index (χ2v) is 6.17. The molecule has 9 nitrogen and oxygen atoms in total. The van der Waals surface area contributed by atoms with Gasteiger partial charge in [0.2, 0.25) is 5.82 Å². The van der Waals surface area contributed by atoms with E-state index in [9.17, 15) is 14.9 Å². The topological polar surface area (TPSA) is 116 Å². The molecule has 1 fully saturated rings. The van der Waals surface area contributed by atoms with Crippen molar-refractivity contribution in [2.75, 3.05) is 12.4 Å². The number of hydrogen-bond acceptors (Lipinski definition) is 8. The van der Waals surface area contributed by atoms with E-state index in [1.165, 1.54) is 13.4 Å². The van der Waals surface area contributed by atoms with E-state index >= 15 is 0 Å². The molecule has 1 aliphatic carbocycles. The van der Waals surface area contributed by atoms with Crippen LogP contribution in [0.2, 0.25) is 0 Å². The quantitative estimate of drug-likeness (QED) is 0.464. The molecule has 9 heteroatoms. The van der Waals surface area contributed by atoms with E-state index in [4.69, 9.17) is 9.47 Å². The van der Waals surface area contributed by atoms with Gasteiger partial charge in [0.25, 0.3) is 5.88 Å². The Morgan fingerprint density at radius 1 is 1.22 bits per heavy atom. The number of aromatic nitrogens is 2. The molecule has 142 valence electrons. The third-order valence-corrected chi connectivity index (χ3v) is 4.39. The Bertz CT molecular complexity index is 836. The average molecular weight is 372 g/mol. The van der Waals surface area contributed by atoms with Crippen LogP contribution >= 0.6 is 0 Å². The Labute approximate surface area is 155 Å². The van der Waals surface area contributed by atoms with Crippen molar-refractivity contribution in [3.05, 3.63) is 46.3 Å². The lowest BCUT2D eigenvalue weighted by Crippen LogP contribution is -2.21. The summed E-state index contributed by atoms with van der Waals surface area (Å²) in [5, 5.41) is 14.5. The highest BCUT2D eigenvalue weighted by Crippen LogP contribution is 2.35. The number of nitro groups is 1. The number of esters is 1. The summed E-state index contributed by atoms with van der Waals surface area (Å²) in [6.45, 7) is 0. The maximum Gasteiger partial charge on any atom is 0.373 e. The van der Waals surface area contributed by atoms with Gasteiger partial charge in [0.15, 0.2) is 0 Å². The zero-order valence-electron chi connectivity index (χ0n) is 14.9. The van der Waals surface area contributed by atoms with Crippen molar-refractivity contribution in [3.8, 4) is 5.88 Å². The van der Waals surface area contributed by atoms with Crippen molar-refractivity contribution in [1.82, 2.24) is 9.97 Å². The first kappa shape index (κ1) is 18.6. The number of benzene rings is 1. The normalized spacial score (nSPS) is 14.4. The molecule has 1 aromatic carbocycles. The summed E-state index contributed by atoms with van der Waals surface area (Å²) < 4.78 is 10.5. The van der Waals surface area contributed by atoms with Crippen LogP contribution < -0.4 is 10.1 Å². The number of methoxy groups -OCH3 is 1. The summed E-state index contributed by atoms with van der Waals surface area (Å²) in [5.41, 5.74) is 0.222. The smallest absolute Gasteiger partial charge is 0.373 e. The molecule has 0 saturated heterocycles. The van der Waals surface area contributed by atoms with Crippen LogP contribution in [0, 0.1) is 10.1 Å². The molecule has 1 N–H and O–H groups in total. The summed E-state index contributed by atoms with van der Waals surface area (Å²) >= 11 is 0. The van der Waals surface area contributed by atoms with Gasteiger partial charge in [-0.15, -0.1) is 0 Å². The zero-order chi connectivity index (χ0) is 19.2. The van der Waals surface area contributed by atoms with Gasteiger partial charge >= 0.3 is 11.7 Å². The molecule has 2 aromatic rings. The Morgan fingerprint density at radius 3 is 2.67 bits per heavy atom. The molecule has 3 rings (SSSR count). The maximum absolute atomic E-state index is 11.9. The SMILES string of the molecule is COC(=O)c1ccccc1Nc1ncnc(OC2CCCCC2)c1[N+](=O)[O-]. The summed E-state index contributed by atoms with van der Waals surface area (Å²) in [6.07, 6.45) is 5.99. The first-order valence-corrected chi connectivity index (χ1v) is 8.70. The summed E-state index contributed by atoms with van der Waals surface area (Å²) in [4.78, 5) is 30.9. The van der Waals surface area contributed by atoms with E-state index in [-0.39, 0.29) is 29.1 Å². The van der Waals surface area contributed by atoms with Crippen LogP contribution in [0.1, 0.15) is 42.5 Å². The largest absolute Gasteiger partial charge is 0.469 e. The molecule has 0 amide bonds. The standard InChI is InChI=1S/C18H20N4O5/c1-26-18(23)13-9-5-6-10-14(13)21-16-15(22(24)25)17(20-11-19-16)27-12-7-3-2-4-8-12/h5-6,9-12H,2-4,7-8H2,1H3,(H,19,20,21). The van der Waals surface area contributed by atoms with Gasteiger partial charge in [-0.3, -0.25) is 10.1 Å². The van der Waals surface area contributed by atoms with Gasteiger partial charge in [0.05, 0.1) is 23.3 Å². The number of nitrogens with zero attached hydrogens (tertiary/aromatic N) is 3. The summed E-state index contributed by atoms with van der Waals surface area (Å²) in [6, 6.07) is 6.53. The Hall–Kier alpha value is -3.23. The Kier molecular flexibility index (Phi) is 5.80. The molecular weight excluding hydrogens is 352 g/mol. The monoisotopic (exact) mass is 372 g/mol. The van der Waals surface area contributed by atoms with Crippen molar-refractivity contribution >= 4 is 23.2 Å². The molecule has 1 saturated carbocycles. The Morgan fingerprint density at radius 2 is 1.96 bits per heavy atom. The fourth-order valence-electron chi connectivity index (χ4n) is 3.05. The maximum atomic E-state index is 11.9. The number of anilines is 2. The zero-order valence-corrected chi connectivity index (χ0v) is 14.9. The number of rotatable bonds is 6. The van der Waals surface area contributed by atoms with Crippen LogP contribution in [0.25, 0.3) is 0 Å².